The molecule has 218 valence electrons. The minimum absolute atomic E-state index is 0.0411. The van der Waals surface area contributed by atoms with Gasteiger partial charge in [-0.2, -0.15) is 13.2 Å². The number of alkyl halides is 9. The molecule has 0 saturated heterocycles. The first kappa shape index (κ1) is 30.8. The molecule has 2 atom stereocenters. The Balaban J connectivity index is 1.69. The summed E-state index contributed by atoms with van der Waals surface area (Å²) in [5, 5.41) is 12.2. The van der Waals surface area contributed by atoms with Crippen molar-refractivity contribution in [2.45, 2.75) is 69.4 Å². The lowest BCUT2D eigenvalue weighted by Gasteiger charge is -2.35. The third kappa shape index (κ3) is 10.4. The summed E-state index contributed by atoms with van der Waals surface area (Å²) >= 11 is 0. The SMILES string of the molecule is OC(CNC(c1cccc(OCc2ccc(OC(F)(F)F)cc2)c1)C1CCC(OC(F)(F)F)CC1)C(F)(F)F. The van der Waals surface area contributed by atoms with Gasteiger partial charge in [0.2, 0.25) is 0 Å². The van der Waals surface area contributed by atoms with E-state index >= 15 is 0 Å². The minimum Gasteiger partial charge on any atom is -0.489 e. The maximum Gasteiger partial charge on any atom is 0.573 e. The van der Waals surface area contributed by atoms with E-state index in [4.69, 9.17) is 4.74 Å². The predicted octanol–water partition coefficient (Wildman–Crippen LogP) is 6.81. The van der Waals surface area contributed by atoms with Crippen molar-refractivity contribution in [3.8, 4) is 11.5 Å². The van der Waals surface area contributed by atoms with Crippen LogP contribution < -0.4 is 14.8 Å². The number of hydrogen-bond acceptors (Lipinski definition) is 5. The summed E-state index contributed by atoms with van der Waals surface area (Å²) in [5.41, 5.74) is 1.01. The molecule has 0 radical (unpaired) electrons. The highest BCUT2D eigenvalue weighted by atomic mass is 19.4. The first-order chi connectivity index (χ1) is 18.1. The molecule has 1 aliphatic carbocycles. The zero-order valence-electron chi connectivity index (χ0n) is 20.2. The summed E-state index contributed by atoms with van der Waals surface area (Å²) in [6, 6.07) is 10.6. The van der Waals surface area contributed by atoms with Gasteiger partial charge in [0, 0.05) is 12.6 Å². The van der Waals surface area contributed by atoms with E-state index in [-0.39, 0.29) is 38.2 Å². The van der Waals surface area contributed by atoms with Gasteiger partial charge in [0.25, 0.3) is 0 Å². The Morgan fingerprint density at radius 1 is 0.821 bits per heavy atom. The van der Waals surface area contributed by atoms with Crippen LogP contribution in [0.1, 0.15) is 42.9 Å². The zero-order valence-corrected chi connectivity index (χ0v) is 20.2. The fourth-order valence-electron chi connectivity index (χ4n) is 4.39. The Bertz CT molecular complexity index is 1030. The summed E-state index contributed by atoms with van der Waals surface area (Å²) in [5.74, 6) is -0.450. The van der Waals surface area contributed by atoms with Crippen molar-refractivity contribution >= 4 is 0 Å². The van der Waals surface area contributed by atoms with Crippen LogP contribution in [-0.2, 0) is 11.3 Å². The van der Waals surface area contributed by atoms with Gasteiger partial charge in [-0.1, -0.05) is 24.3 Å². The smallest absolute Gasteiger partial charge is 0.489 e. The molecule has 2 unspecified atom stereocenters. The number of hydrogen-bond donors (Lipinski definition) is 2. The molecule has 1 aliphatic rings. The fourth-order valence-corrected chi connectivity index (χ4v) is 4.39. The van der Waals surface area contributed by atoms with E-state index in [1.165, 1.54) is 12.1 Å². The average Bonchev–Trinajstić information content (AvgIpc) is 2.82. The van der Waals surface area contributed by atoms with E-state index in [1.54, 1.807) is 24.3 Å². The third-order valence-corrected chi connectivity index (χ3v) is 6.18. The lowest BCUT2D eigenvalue weighted by atomic mass is 9.80. The van der Waals surface area contributed by atoms with Crippen LogP contribution in [-0.4, -0.2) is 42.8 Å². The summed E-state index contributed by atoms with van der Waals surface area (Å²) in [4.78, 5) is 0. The van der Waals surface area contributed by atoms with E-state index < -0.39 is 49.4 Å². The van der Waals surface area contributed by atoms with Gasteiger partial charge < -0.3 is 19.9 Å². The first-order valence-corrected chi connectivity index (χ1v) is 11.9. The molecule has 0 heterocycles. The minimum atomic E-state index is -4.86. The van der Waals surface area contributed by atoms with Gasteiger partial charge >= 0.3 is 18.9 Å². The molecule has 0 aromatic heterocycles. The van der Waals surface area contributed by atoms with Gasteiger partial charge in [0.1, 0.15) is 18.1 Å². The van der Waals surface area contributed by atoms with Gasteiger partial charge in [-0.15, -0.1) is 26.3 Å². The molecule has 0 spiro atoms. The number of nitrogens with one attached hydrogen (secondary N) is 1. The largest absolute Gasteiger partial charge is 0.573 e. The maximum atomic E-state index is 12.9. The van der Waals surface area contributed by atoms with Crippen molar-refractivity contribution in [3.05, 3.63) is 59.7 Å². The third-order valence-electron chi connectivity index (χ3n) is 6.18. The Morgan fingerprint density at radius 2 is 1.46 bits per heavy atom. The molecule has 2 aromatic carbocycles. The van der Waals surface area contributed by atoms with Crippen LogP contribution in [0.25, 0.3) is 0 Å². The molecule has 2 aromatic rings. The molecule has 5 nitrogen and oxygen atoms in total. The molecule has 1 saturated carbocycles. The first-order valence-electron chi connectivity index (χ1n) is 11.9. The second-order valence-corrected chi connectivity index (χ2v) is 9.10. The lowest BCUT2D eigenvalue weighted by molar-refractivity contribution is -0.345. The van der Waals surface area contributed by atoms with Crippen molar-refractivity contribution in [1.82, 2.24) is 5.32 Å². The van der Waals surface area contributed by atoms with E-state index in [0.717, 1.165) is 12.1 Å². The lowest BCUT2D eigenvalue weighted by Crippen LogP contribution is -2.42. The standard InChI is InChI=1S/C25H26F9NO4/c26-23(27,28)21(36)13-35-22(16-6-10-19(11-7-16)39-25(32,33)34)17-2-1-3-20(12-17)37-14-15-4-8-18(9-5-15)38-24(29,30)31/h1-5,8-9,12,16,19,21-22,35-36H,6-7,10-11,13-14H2. The van der Waals surface area contributed by atoms with Gasteiger partial charge in [-0.05, 0) is 67.0 Å². The van der Waals surface area contributed by atoms with E-state index in [0.29, 0.717) is 16.9 Å². The van der Waals surface area contributed by atoms with Gasteiger partial charge in [0.05, 0.1) is 6.10 Å². The number of ether oxygens (including phenoxy) is 3. The van der Waals surface area contributed by atoms with Gasteiger partial charge in [0.15, 0.2) is 6.10 Å². The van der Waals surface area contributed by atoms with Gasteiger partial charge in [-0.25, -0.2) is 0 Å². The molecule has 0 amide bonds. The van der Waals surface area contributed by atoms with Crippen LogP contribution in [0.5, 0.6) is 11.5 Å². The Hall–Kier alpha value is -2.71. The molecular formula is C25H26F9NO4. The quantitative estimate of drug-likeness (QED) is 0.305. The van der Waals surface area contributed by atoms with Crippen molar-refractivity contribution in [2.24, 2.45) is 5.92 Å². The summed E-state index contributed by atoms with van der Waals surface area (Å²) < 4.78 is 127. The molecule has 14 heteroatoms. The van der Waals surface area contributed by atoms with E-state index in [1.807, 2.05) is 0 Å². The number of aliphatic hydroxyl groups is 1. The van der Waals surface area contributed by atoms with Crippen LogP contribution in [0, 0.1) is 5.92 Å². The maximum absolute atomic E-state index is 12.9. The summed E-state index contributed by atoms with van der Waals surface area (Å²) in [7, 11) is 0. The molecule has 3 rings (SSSR count). The monoisotopic (exact) mass is 575 g/mol. The topological polar surface area (TPSA) is 60.0 Å². The van der Waals surface area contributed by atoms with Crippen LogP contribution in [0.3, 0.4) is 0 Å². The number of halogens is 9. The molecule has 1 fully saturated rings. The molecule has 39 heavy (non-hydrogen) atoms. The van der Waals surface area contributed by atoms with Crippen molar-refractivity contribution < 1.29 is 58.8 Å². The van der Waals surface area contributed by atoms with Crippen LogP contribution >= 0.6 is 0 Å². The van der Waals surface area contributed by atoms with Crippen molar-refractivity contribution in [3.63, 3.8) is 0 Å². The van der Waals surface area contributed by atoms with Crippen LogP contribution in [0.15, 0.2) is 48.5 Å². The molecular weight excluding hydrogens is 549 g/mol. The highest BCUT2D eigenvalue weighted by Crippen LogP contribution is 2.38. The molecule has 2 N–H and O–H groups in total. The van der Waals surface area contributed by atoms with E-state index in [9.17, 15) is 44.6 Å². The van der Waals surface area contributed by atoms with Crippen LogP contribution in [0.4, 0.5) is 39.5 Å². The molecule has 0 bridgehead atoms. The molecule has 0 aliphatic heterocycles. The zero-order chi connectivity index (χ0) is 28.8. The number of benzene rings is 2. The fraction of sp³-hybridized carbons (Fsp3) is 0.520. The Morgan fingerprint density at radius 3 is 2.03 bits per heavy atom. The van der Waals surface area contributed by atoms with Crippen LogP contribution in [0.2, 0.25) is 0 Å². The Labute approximate surface area is 217 Å². The van der Waals surface area contributed by atoms with Crippen molar-refractivity contribution in [1.29, 1.82) is 0 Å². The van der Waals surface area contributed by atoms with E-state index in [2.05, 4.69) is 14.8 Å². The predicted molar refractivity (Wildman–Crippen MR) is 120 cm³/mol. The van der Waals surface area contributed by atoms with Gasteiger partial charge in [-0.3, -0.25) is 4.74 Å². The number of rotatable bonds is 10. The highest BCUT2D eigenvalue weighted by Gasteiger charge is 2.40. The van der Waals surface area contributed by atoms with Crippen molar-refractivity contribution in [2.75, 3.05) is 6.54 Å². The normalized spacial score (nSPS) is 20.4. The second kappa shape index (κ2) is 12.6. The number of aliphatic hydroxyl groups excluding tert-OH is 1. The highest BCUT2D eigenvalue weighted by molar-refractivity contribution is 5.32. The second-order valence-electron chi connectivity index (χ2n) is 9.10. The Kier molecular flexibility index (Phi) is 9.99. The summed E-state index contributed by atoms with van der Waals surface area (Å²) in [6.07, 6.45) is -17.6. The summed E-state index contributed by atoms with van der Waals surface area (Å²) in [6.45, 7) is -0.870. The average molecular weight is 575 g/mol.